The second-order valence-corrected chi connectivity index (χ2v) is 14.2. The van der Waals surface area contributed by atoms with Crippen molar-refractivity contribution in [3.8, 4) is 28.7 Å². The molecule has 2 aliphatic rings. The van der Waals surface area contributed by atoms with Crippen molar-refractivity contribution in [2.45, 2.75) is 55.7 Å². The van der Waals surface area contributed by atoms with Crippen LogP contribution in [0.25, 0.3) is 5.69 Å². The van der Waals surface area contributed by atoms with E-state index in [0.29, 0.717) is 23.3 Å². The molecule has 3 aromatic carbocycles. The van der Waals surface area contributed by atoms with Gasteiger partial charge in [-0.2, -0.15) is 9.78 Å². The first-order valence-corrected chi connectivity index (χ1v) is 17.5. The number of methoxy groups -OCH3 is 1. The smallest absolute Gasteiger partial charge is 0.349 e. The summed E-state index contributed by atoms with van der Waals surface area (Å²) in [6.07, 6.45) is -0.707. The highest BCUT2D eigenvalue weighted by Gasteiger charge is 2.39. The maximum absolute atomic E-state index is 13.8. The third-order valence-corrected chi connectivity index (χ3v) is 10.1. The van der Waals surface area contributed by atoms with Crippen LogP contribution >= 0.6 is 23.2 Å². The minimum Gasteiger partial charge on any atom is -0.497 e. The average Bonchev–Trinajstić information content (AvgIpc) is 3.87. The first kappa shape index (κ1) is 35.3. The van der Waals surface area contributed by atoms with Gasteiger partial charge in [-0.05, 0) is 67.6 Å². The van der Waals surface area contributed by atoms with Gasteiger partial charge in [0.1, 0.15) is 28.8 Å². The van der Waals surface area contributed by atoms with Gasteiger partial charge in [0.05, 0.1) is 22.8 Å². The van der Waals surface area contributed by atoms with Gasteiger partial charge in [-0.15, -0.1) is 0 Å². The van der Waals surface area contributed by atoms with E-state index >= 15 is 0 Å². The largest absolute Gasteiger partial charge is 0.497 e. The van der Waals surface area contributed by atoms with E-state index in [1.165, 1.54) is 25.3 Å². The molecule has 2 saturated carbocycles. The van der Waals surface area contributed by atoms with Gasteiger partial charge in [0.2, 0.25) is 15.9 Å². The number of H-pyrrole nitrogens is 1. The Morgan fingerprint density at radius 3 is 2.30 bits per heavy atom. The predicted molar refractivity (Wildman–Crippen MR) is 177 cm³/mol. The van der Waals surface area contributed by atoms with Crippen molar-refractivity contribution in [1.29, 1.82) is 0 Å². The molecule has 13 nitrogen and oxygen atoms in total. The number of ether oxygens (including phenoxy) is 3. The summed E-state index contributed by atoms with van der Waals surface area (Å²) in [7, 11) is -2.70. The Morgan fingerprint density at radius 2 is 1.68 bits per heavy atom. The zero-order valence-corrected chi connectivity index (χ0v) is 28.4. The van der Waals surface area contributed by atoms with Crippen LogP contribution in [0.1, 0.15) is 43.4 Å². The van der Waals surface area contributed by atoms with Crippen molar-refractivity contribution in [1.82, 2.24) is 24.8 Å². The predicted octanol–water partition coefficient (Wildman–Crippen LogP) is 4.88. The summed E-state index contributed by atoms with van der Waals surface area (Å²) >= 11 is 12.8. The summed E-state index contributed by atoms with van der Waals surface area (Å²) in [5.74, 6) is 0.0905. The summed E-state index contributed by atoms with van der Waals surface area (Å²) in [5.41, 5.74) is -3.07. The molecule has 0 spiro atoms. The zero-order valence-electron chi connectivity index (χ0n) is 26.1. The van der Waals surface area contributed by atoms with E-state index in [1.807, 2.05) is 0 Å². The molecule has 0 unspecified atom stereocenters. The Morgan fingerprint density at radius 1 is 1.02 bits per heavy atom. The number of hydrogen-bond acceptors (Lipinski definition) is 9. The van der Waals surface area contributed by atoms with Crippen LogP contribution in [0.5, 0.6) is 23.0 Å². The molecule has 264 valence electrons. The van der Waals surface area contributed by atoms with Gasteiger partial charge in [0.25, 0.3) is 12.0 Å². The second-order valence-electron chi connectivity index (χ2n) is 11.7. The minimum atomic E-state index is -4.23. The molecule has 2 aliphatic carbocycles. The summed E-state index contributed by atoms with van der Waals surface area (Å²) < 4.78 is 74.2. The number of carbonyl (C=O) groups is 1. The van der Waals surface area contributed by atoms with Crippen LogP contribution in [0.4, 0.5) is 8.78 Å². The number of hydrogen-bond donors (Lipinski definition) is 3. The fourth-order valence-electron chi connectivity index (χ4n) is 5.14. The molecule has 6 rings (SSSR count). The number of benzene rings is 3. The molecule has 1 amide bonds. The Balaban J connectivity index is 1.26. The average molecular weight is 753 g/mol. The number of nitrogens with one attached hydrogen (secondary N) is 3. The molecule has 50 heavy (non-hydrogen) atoms. The van der Waals surface area contributed by atoms with Crippen LogP contribution < -0.4 is 35.5 Å². The van der Waals surface area contributed by atoms with Gasteiger partial charge < -0.3 is 19.5 Å². The molecule has 3 N–H and O–H groups in total. The Bertz CT molecular complexity index is 2130. The molecule has 0 saturated heterocycles. The van der Waals surface area contributed by atoms with Crippen molar-refractivity contribution in [3.63, 3.8) is 0 Å². The number of aromatic amines is 1. The normalized spacial score (nSPS) is 17.2. The van der Waals surface area contributed by atoms with E-state index in [-0.39, 0.29) is 62.4 Å². The number of sulfonamides is 1. The molecule has 4 aromatic rings. The second kappa shape index (κ2) is 14.4. The molecule has 0 bridgehead atoms. The number of alkyl halides is 2. The molecule has 1 aromatic heterocycles. The van der Waals surface area contributed by atoms with E-state index < -0.39 is 39.4 Å². The fraction of sp³-hybridized carbons (Fsp3) is 0.312. The molecule has 2 fully saturated rings. The highest BCUT2D eigenvalue weighted by molar-refractivity contribution is 7.89. The molecule has 18 heteroatoms. The van der Waals surface area contributed by atoms with Crippen molar-refractivity contribution in [3.05, 3.63) is 96.7 Å². The number of amides is 1. The Kier molecular flexibility index (Phi) is 10.2. The van der Waals surface area contributed by atoms with Crippen LogP contribution in [0.2, 0.25) is 10.0 Å². The number of rotatable bonds is 13. The van der Waals surface area contributed by atoms with Crippen molar-refractivity contribution in [2.24, 2.45) is 5.92 Å². The lowest BCUT2D eigenvalue weighted by Crippen LogP contribution is -2.49. The number of nitrogens with zero attached hydrogens (tertiary/aromatic N) is 2. The van der Waals surface area contributed by atoms with Gasteiger partial charge in [0, 0.05) is 24.1 Å². The van der Waals surface area contributed by atoms with Crippen molar-refractivity contribution in [2.75, 3.05) is 7.11 Å². The van der Waals surface area contributed by atoms with Crippen LogP contribution in [0.15, 0.2) is 69.1 Å². The van der Waals surface area contributed by atoms with Crippen molar-refractivity contribution < 1.29 is 36.2 Å². The Labute approximate surface area is 293 Å². The van der Waals surface area contributed by atoms with Crippen LogP contribution in [0, 0.1) is 5.92 Å². The highest BCUT2D eigenvalue weighted by atomic mass is 35.5. The summed E-state index contributed by atoms with van der Waals surface area (Å²) in [6.45, 7) is 0.0180. The standard InChI is InChI=1S/C32H29Cl2F2N5O8S/c1-47-21-6-2-16(3-7-21)15-48-25-9-8-22(14-26(25)50(45,46)40-19-10-17(11-19)30(42)37-18-4-5-18)49-28-23(33)12-20(13-24(28)34)41-32(44)38-31(43)27(39-41)29(35)36/h2-3,6-9,12-14,17-19,29,40H,4-5,10-11,15H2,1H3,(H,37,42)(H,38,43,44). The van der Waals surface area contributed by atoms with E-state index in [4.69, 9.17) is 37.4 Å². The maximum Gasteiger partial charge on any atom is 0.349 e. The summed E-state index contributed by atoms with van der Waals surface area (Å²) in [6, 6.07) is 13.0. The number of carbonyl (C=O) groups excluding carboxylic acids is 1. The van der Waals surface area contributed by atoms with Gasteiger partial charge >= 0.3 is 5.69 Å². The zero-order chi connectivity index (χ0) is 35.7. The first-order chi connectivity index (χ1) is 23.8. The van der Waals surface area contributed by atoms with Gasteiger partial charge in [-0.1, -0.05) is 35.3 Å². The van der Waals surface area contributed by atoms with E-state index in [0.717, 1.165) is 30.5 Å². The van der Waals surface area contributed by atoms with Crippen molar-refractivity contribution >= 4 is 39.1 Å². The summed E-state index contributed by atoms with van der Waals surface area (Å²) in [4.78, 5) is 37.9. The quantitative estimate of drug-likeness (QED) is 0.172. The molecule has 0 aliphatic heterocycles. The van der Waals surface area contributed by atoms with Gasteiger partial charge in [-0.3, -0.25) is 14.6 Å². The van der Waals surface area contributed by atoms with Crippen LogP contribution in [-0.2, 0) is 21.4 Å². The van der Waals surface area contributed by atoms with E-state index in [1.54, 1.807) is 29.2 Å². The van der Waals surface area contributed by atoms with Gasteiger partial charge in [0.15, 0.2) is 11.4 Å². The minimum absolute atomic E-state index is 0.00825. The lowest BCUT2D eigenvalue weighted by atomic mass is 9.80. The van der Waals surface area contributed by atoms with E-state index in [2.05, 4.69) is 15.1 Å². The SMILES string of the molecule is COc1ccc(COc2ccc(Oc3c(Cl)cc(-n4nc(C(F)F)c(=O)[nH]c4=O)cc3Cl)cc2S(=O)(=O)NC2CC(C(=O)NC3CC3)C2)cc1. The number of halogens is 4. The highest BCUT2D eigenvalue weighted by Crippen LogP contribution is 2.40. The maximum atomic E-state index is 13.8. The number of aromatic nitrogens is 3. The van der Waals surface area contributed by atoms with Crippen LogP contribution in [-0.4, -0.2) is 48.3 Å². The lowest BCUT2D eigenvalue weighted by molar-refractivity contribution is -0.128. The van der Waals surface area contributed by atoms with Gasteiger partial charge in [-0.25, -0.2) is 26.7 Å². The molecule has 0 atom stereocenters. The molecule has 1 heterocycles. The first-order valence-electron chi connectivity index (χ1n) is 15.2. The Hall–Kier alpha value is -4.51. The third kappa shape index (κ3) is 7.93. The lowest BCUT2D eigenvalue weighted by Gasteiger charge is -2.34. The molecule has 0 radical (unpaired) electrons. The summed E-state index contributed by atoms with van der Waals surface area (Å²) in [5, 5.41) is 5.98. The van der Waals surface area contributed by atoms with Crippen LogP contribution in [0.3, 0.4) is 0 Å². The van der Waals surface area contributed by atoms with E-state index in [9.17, 15) is 31.6 Å². The fourth-order valence-corrected chi connectivity index (χ4v) is 7.11. The third-order valence-electron chi connectivity index (χ3n) is 8.02. The molecular weight excluding hydrogens is 723 g/mol. The topological polar surface area (TPSA) is 171 Å². The monoisotopic (exact) mass is 751 g/mol. The molecular formula is C32H29Cl2F2N5O8S.